The molecule has 1 aromatic carbocycles. The predicted molar refractivity (Wildman–Crippen MR) is 107 cm³/mol. The fourth-order valence-corrected chi connectivity index (χ4v) is 3.90. The van der Waals surface area contributed by atoms with Crippen LogP contribution in [0.4, 0.5) is 5.95 Å². The van der Waals surface area contributed by atoms with Gasteiger partial charge in [0.2, 0.25) is 5.95 Å². The molecule has 0 amide bonds. The van der Waals surface area contributed by atoms with Crippen LogP contribution in [0, 0.1) is 0 Å². The lowest BCUT2D eigenvalue weighted by Gasteiger charge is -2.35. The maximum atomic E-state index is 5.24. The predicted octanol–water partition coefficient (Wildman–Crippen LogP) is 2.19. The summed E-state index contributed by atoms with van der Waals surface area (Å²) in [5, 5.41) is 0. The Morgan fingerprint density at radius 3 is 2.48 bits per heavy atom. The standard InChI is InChI=1S/C21H29N5O/c1-3-24-10-12-26(13-11-24)21-22-14-18-16-25(9-8-20(18)23-21)15-17-4-6-19(27-2)7-5-17/h4-7,14H,3,8-13,15-16H2,1-2H3. The fraction of sp³-hybridized carbons (Fsp3) is 0.524. The molecule has 144 valence electrons. The topological polar surface area (TPSA) is 44.7 Å². The molecule has 27 heavy (non-hydrogen) atoms. The number of fused-ring (bicyclic) bond motifs is 1. The van der Waals surface area contributed by atoms with Crippen LogP contribution < -0.4 is 9.64 Å². The maximum Gasteiger partial charge on any atom is 0.225 e. The molecule has 0 spiro atoms. The van der Waals surface area contributed by atoms with E-state index in [1.54, 1.807) is 7.11 Å². The minimum Gasteiger partial charge on any atom is -0.497 e. The van der Waals surface area contributed by atoms with Crippen LogP contribution in [0.5, 0.6) is 5.75 Å². The number of hydrogen-bond donors (Lipinski definition) is 0. The zero-order valence-corrected chi connectivity index (χ0v) is 16.4. The molecule has 0 bridgehead atoms. The molecule has 0 unspecified atom stereocenters. The van der Waals surface area contributed by atoms with Crippen molar-refractivity contribution in [1.29, 1.82) is 0 Å². The first-order valence-corrected chi connectivity index (χ1v) is 9.92. The molecule has 6 nitrogen and oxygen atoms in total. The number of benzene rings is 1. The summed E-state index contributed by atoms with van der Waals surface area (Å²) in [6, 6.07) is 8.34. The summed E-state index contributed by atoms with van der Waals surface area (Å²) >= 11 is 0. The van der Waals surface area contributed by atoms with Crippen LogP contribution in [0.1, 0.15) is 23.7 Å². The van der Waals surface area contributed by atoms with E-state index in [1.807, 2.05) is 18.3 Å². The highest BCUT2D eigenvalue weighted by Crippen LogP contribution is 2.22. The van der Waals surface area contributed by atoms with Crippen LogP contribution in [0.25, 0.3) is 0 Å². The van der Waals surface area contributed by atoms with Gasteiger partial charge in [-0.25, -0.2) is 9.97 Å². The van der Waals surface area contributed by atoms with Crippen LogP contribution in [0.15, 0.2) is 30.5 Å². The van der Waals surface area contributed by atoms with Crippen LogP contribution in [-0.4, -0.2) is 66.1 Å². The van der Waals surface area contributed by atoms with E-state index in [0.717, 1.165) is 70.5 Å². The third-order valence-electron chi connectivity index (χ3n) is 5.67. The van der Waals surface area contributed by atoms with Crippen molar-refractivity contribution in [2.75, 3.05) is 51.3 Å². The highest BCUT2D eigenvalue weighted by molar-refractivity contribution is 5.35. The molecule has 1 fully saturated rings. The van der Waals surface area contributed by atoms with Gasteiger partial charge in [0.05, 0.1) is 12.8 Å². The molecular weight excluding hydrogens is 338 g/mol. The molecule has 0 aliphatic carbocycles. The minimum absolute atomic E-state index is 0.906. The number of anilines is 1. The van der Waals surface area contributed by atoms with Crippen molar-refractivity contribution >= 4 is 5.95 Å². The third kappa shape index (κ3) is 4.22. The fourth-order valence-electron chi connectivity index (χ4n) is 3.90. The number of ether oxygens (including phenoxy) is 1. The molecule has 4 rings (SSSR count). The average molecular weight is 367 g/mol. The average Bonchev–Trinajstić information content (AvgIpc) is 2.74. The lowest BCUT2D eigenvalue weighted by Crippen LogP contribution is -2.47. The van der Waals surface area contributed by atoms with Crippen LogP contribution >= 0.6 is 0 Å². The summed E-state index contributed by atoms with van der Waals surface area (Å²) in [6.45, 7) is 10.5. The quantitative estimate of drug-likeness (QED) is 0.807. The van der Waals surface area contributed by atoms with Gasteiger partial charge < -0.3 is 14.5 Å². The van der Waals surface area contributed by atoms with Crippen molar-refractivity contribution in [1.82, 2.24) is 19.8 Å². The first-order chi connectivity index (χ1) is 13.2. The van der Waals surface area contributed by atoms with Crippen molar-refractivity contribution in [3.63, 3.8) is 0 Å². The molecule has 2 aromatic rings. The summed E-state index contributed by atoms with van der Waals surface area (Å²) in [6.07, 6.45) is 3.04. The second-order valence-corrected chi connectivity index (χ2v) is 7.37. The Labute approximate surface area is 161 Å². The van der Waals surface area contributed by atoms with Gasteiger partial charge in [-0.05, 0) is 24.2 Å². The van der Waals surface area contributed by atoms with E-state index in [0.29, 0.717) is 0 Å². The van der Waals surface area contributed by atoms with Crippen molar-refractivity contribution < 1.29 is 4.74 Å². The Morgan fingerprint density at radius 1 is 1.00 bits per heavy atom. The summed E-state index contributed by atoms with van der Waals surface area (Å²) < 4.78 is 5.24. The number of hydrogen-bond acceptors (Lipinski definition) is 6. The molecule has 0 atom stereocenters. The van der Waals surface area contributed by atoms with Crippen molar-refractivity contribution in [3.05, 3.63) is 47.3 Å². The highest BCUT2D eigenvalue weighted by atomic mass is 16.5. The number of piperazine rings is 1. The smallest absolute Gasteiger partial charge is 0.225 e. The van der Waals surface area contributed by atoms with Gasteiger partial charge in [-0.2, -0.15) is 0 Å². The van der Waals surface area contributed by atoms with Gasteiger partial charge in [-0.3, -0.25) is 4.90 Å². The summed E-state index contributed by atoms with van der Waals surface area (Å²) in [7, 11) is 1.70. The van der Waals surface area contributed by atoms with Gasteiger partial charge in [0.1, 0.15) is 5.75 Å². The molecule has 1 aromatic heterocycles. The Hall–Kier alpha value is -2.18. The summed E-state index contributed by atoms with van der Waals surface area (Å²) in [4.78, 5) is 16.9. The van der Waals surface area contributed by atoms with Crippen LogP contribution in [-0.2, 0) is 19.5 Å². The van der Waals surface area contributed by atoms with E-state index in [9.17, 15) is 0 Å². The maximum absolute atomic E-state index is 5.24. The Kier molecular flexibility index (Phi) is 5.55. The number of nitrogens with zero attached hydrogens (tertiary/aromatic N) is 5. The van der Waals surface area contributed by atoms with Crippen molar-refractivity contribution in [2.45, 2.75) is 26.4 Å². The van der Waals surface area contributed by atoms with Gasteiger partial charge >= 0.3 is 0 Å². The number of aromatic nitrogens is 2. The van der Waals surface area contributed by atoms with Gasteiger partial charge in [0, 0.05) is 64.0 Å². The first-order valence-electron chi connectivity index (χ1n) is 9.92. The Balaban J connectivity index is 1.38. The van der Waals surface area contributed by atoms with Gasteiger partial charge in [0.15, 0.2) is 0 Å². The molecule has 2 aliphatic rings. The normalized spacial score (nSPS) is 18.4. The monoisotopic (exact) mass is 367 g/mol. The van der Waals surface area contributed by atoms with Crippen LogP contribution in [0.3, 0.4) is 0 Å². The van der Waals surface area contributed by atoms with E-state index >= 15 is 0 Å². The zero-order valence-electron chi connectivity index (χ0n) is 16.4. The van der Waals surface area contributed by atoms with Crippen molar-refractivity contribution in [2.24, 2.45) is 0 Å². The van der Waals surface area contributed by atoms with Gasteiger partial charge in [-0.1, -0.05) is 19.1 Å². The summed E-state index contributed by atoms with van der Waals surface area (Å²) in [5.41, 5.74) is 3.81. The SMILES string of the molecule is CCN1CCN(c2ncc3c(n2)CCN(Cc2ccc(OC)cc2)C3)CC1. The zero-order chi connectivity index (χ0) is 18.6. The van der Waals surface area contributed by atoms with Gasteiger partial charge in [0.25, 0.3) is 0 Å². The largest absolute Gasteiger partial charge is 0.497 e. The Morgan fingerprint density at radius 2 is 1.78 bits per heavy atom. The Bertz CT molecular complexity index is 756. The second-order valence-electron chi connectivity index (χ2n) is 7.37. The lowest BCUT2D eigenvalue weighted by atomic mass is 10.1. The molecule has 1 saturated heterocycles. The number of likely N-dealkylation sites (N-methyl/N-ethyl adjacent to an activating group) is 1. The first kappa shape index (κ1) is 18.2. The van der Waals surface area contributed by atoms with E-state index < -0.39 is 0 Å². The van der Waals surface area contributed by atoms with E-state index in [2.05, 4.69) is 38.7 Å². The molecule has 2 aliphatic heterocycles. The molecule has 0 N–H and O–H groups in total. The molecule has 6 heteroatoms. The summed E-state index contributed by atoms with van der Waals surface area (Å²) in [5.74, 6) is 1.82. The number of rotatable bonds is 5. The second kappa shape index (κ2) is 8.23. The molecular formula is C21H29N5O. The molecule has 3 heterocycles. The third-order valence-corrected chi connectivity index (χ3v) is 5.67. The molecule has 0 radical (unpaired) electrons. The lowest BCUT2D eigenvalue weighted by molar-refractivity contribution is 0.242. The molecule has 0 saturated carbocycles. The van der Waals surface area contributed by atoms with E-state index in [1.165, 1.54) is 16.8 Å². The minimum atomic E-state index is 0.906. The van der Waals surface area contributed by atoms with E-state index in [4.69, 9.17) is 9.72 Å². The van der Waals surface area contributed by atoms with Gasteiger partial charge in [-0.15, -0.1) is 0 Å². The van der Waals surface area contributed by atoms with Crippen LogP contribution in [0.2, 0.25) is 0 Å². The number of methoxy groups -OCH3 is 1. The highest BCUT2D eigenvalue weighted by Gasteiger charge is 2.22. The van der Waals surface area contributed by atoms with Crippen molar-refractivity contribution in [3.8, 4) is 5.75 Å². The van der Waals surface area contributed by atoms with E-state index in [-0.39, 0.29) is 0 Å².